The van der Waals surface area contributed by atoms with Crippen LogP contribution in [0.1, 0.15) is 41.4 Å². The predicted molar refractivity (Wildman–Crippen MR) is 81.6 cm³/mol. The van der Waals surface area contributed by atoms with Gasteiger partial charge in [0.15, 0.2) is 5.78 Å². The molecule has 1 aromatic heterocycles. The summed E-state index contributed by atoms with van der Waals surface area (Å²) < 4.78 is 5.07. The minimum atomic E-state index is -0.857. The van der Waals surface area contributed by atoms with E-state index in [9.17, 15) is 14.7 Å². The zero-order chi connectivity index (χ0) is 15.3. The highest BCUT2D eigenvalue weighted by atomic mass is 79.9. The van der Waals surface area contributed by atoms with Crippen molar-refractivity contribution in [1.29, 1.82) is 0 Å². The van der Waals surface area contributed by atoms with Crippen molar-refractivity contribution >= 4 is 39.1 Å². The third-order valence-corrected chi connectivity index (χ3v) is 3.93. The minimum absolute atomic E-state index is 0.0337. The van der Waals surface area contributed by atoms with Crippen molar-refractivity contribution in [3.05, 3.63) is 21.9 Å². The number of halogens is 1. The Kier molecular flexibility index (Phi) is 6.16. The maximum Gasteiger partial charge on any atom is 0.407 e. The van der Waals surface area contributed by atoms with Crippen molar-refractivity contribution in [3.8, 4) is 0 Å². The first kappa shape index (κ1) is 17.1. The Labute approximate surface area is 130 Å². The number of hydrogen-bond donors (Lipinski definition) is 2. The van der Waals surface area contributed by atoms with E-state index >= 15 is 0 Å². The number of carbonyl (C=O) groups is 2. The predicted octanol–water partition coefficient (Wildman–Crippen LogP) is 2.88. The van der Waals surface area contributed by atoms with Gasteiger partial charge in [0.2, 0.25) is 0 Å². The number of ketones is 1. The van der Waals surface area contributed by atoms with E-state index in [1.54, 1.807) is 32.9 Å². The first-order valence-corrected chi connectivity index (χ1v) is 8.00. The molecule has 1 rings (SSSR count). The van der Waals surface area contributed by atoms with Gasteiger partial charge in [0, 0.05) is 4.88 Å². The average Bonchev–Trinajstić information content (AvgIpc) is 2.82. The zero-order valence-corrected chi connectivity index (χ0v) is 14.0. The van der Waals surface area contributed by atoms with Crippen LogP contribution >= 0.6 is 27.3 Å². The van der Waals surface area contributed by atoms with E-state index in [-0.39, 0.29) is 17.7 Å². The molecule has 7 heteroatoms. The van der Waals surface area contributed by atoms with Crippen molar-refractivity contribution in [1.82, 2.24) is 5.32 Å². The molecule has 5 nitrogen and oxygen atoms in total. The lowest BCUT2D eigenvalue weighted by atomic mass is 10.2. The SMILES string of the molecule is CC(C)(C)OC(=O)NCC(O)c1ccc(C(=O)CBr)s1. The summed E-state index contributed by atoms with van der Waals surface area (Å²) in [7, 11) is 0. The van der Waals surface area contributed by atoms with E-state index in [1.165, 1.54) is 11.3 Å². The molecule has 0 aliphatic rings. The monoisotopic (exact) mass is 363 g/mol. The van der Waals surface area contributed by atoms with Crippen LogP contribution in [0.3, 0.4) is 0 Å². The normalized spacial score (nSPS) is 12.8. The number of Topliss-reactive ketones (excluding diaryl/α,β-unsaturated/α-hetero) is 1. The lowest BCUT2D eigenvalue weighted by Crippen LogP contribution is -2.34. The molecular formula is C13H18BrNO4S. The fourth-order valence-corrected chi connectivity index (χ4v) is 2.76. The molecule has 0 spiro atoms. The van der Waals surface area contributed by atoms with Crippen molar-refractivity contribution in [2.45, 2.75) is 32.5 Å². The number of aliphatic hydroxyl groups excluding tert-OH is 1. The van der Waals surface area contributed by atoms with Crippen molar-refractivity contribution in [2.24, 2.45) is 0 Å². The van der Waals surface area contributed by atoms with Crippen LogP contribution in [0.2, 0.25) is 0 Å². The van der Waals surface area contributed by atoms with Gasteiger partial charge in [0.1, 0.15) is 11.7 Å². The van der Waals surface area contributed by atoms with Crippen LogP contribution in [0.4, 0.5) is 4.79 Å². The third kappa shape index (κ3) is 5.60. The van der Waals surface area contributed by atoms with Crippen molar-refractivity contribution in [3.63, 3.8) is 0 Å². The van der Waals surface area contributed by atoms with Crippen LogP contribution in [0, 0.1) is 0 Å². The number of rotatable bonds is 5. The number of aliphatic hydroxyl groups is 1. The molecule has 0 aromatic carbocycles. The summed E-state index contributed by atoms with van der Waals surface area (Å²) in [5, 5.41) is 12.7. The zero-order valence-electron chi connectivity index (χ0n) is 11.6. The number of ether oxygens (including phenoxy) is 1. The summed E-state index contributed by atoms with van der Waals surface area (Å²) in [5.41, 5.74) is -0.576. The lowest BCUT2D eigenvalue weighted by molar-refractivity contribution is 0.0493. The molecular weight excluding hydrogens is 346 g/mol. The number of carbonyl (C=O) groups excluding carboxylic acids is 2. The summed E-state index contributed by atoms with van der Waals surface area (Å²) in [6.45, 7) is 5.33. The fraction of sp³-hybridized carbons (Fsp3) is 0.538. The number of hydrogen-bond acceptors (Lipinski definition) is 5. The minimum Gasteiger partial charge on any atom is -0.444 e. The summed E-state index contributed by atoms with van der Waals surface area (Å²) >= 11 is 4.31. The van der Waals surface area contributed by atoms with Gasteiger partial charge in [0.05, 0.1) is 16.8 Å². The second-order valence-corrected chi connectivity index (χ2v) is 6.83. The van der Waals surface area contributed by atoms with E-state index in [4.69, 9.17) is 4.74 Å². The van der Waals surface area contributed by atoms with E-state index in [2.05, 4.69) is 21.2 Å². The highest BCUT2D eigenvalue weighted by Crippen LogP contribution is 2.23. The number of thiophene rings is 1. The molecule has 0 aliphatic heterocycles. The highest BCUT2D eigenvalue weighted by Gasteiger charge is 2.18. The van der Waals surface area contributed by atoms with Crippen molar-refractivity contribution in [2.75, 3.05) is 11.9 Å². The summed E-state index contributed by atoms with van der Waals surface area (Å²) in [6.07, 6.45) is -1.44. The summed E-state index contributed by atoms with van der Waals surface area (Å²) in [6, 6.07) is 3.35. The van der Waals surface area contributed by atoms with Gasteiger partial charge < -0.3 is 15.2 Å². The van der Waals surface area contributed by atoms with Crippen LogP contribution < -0.4 is 5.32 Å². The fourth-order valence-electron chi connectivity index (χ4n) is 1.34. The van der Waals surface area contributed by atoms with Gasteiger partial charge in [-0.15, -0.1) is 11.3 Å². The molecule has 0 aliphatic carbocycles. The van der Waals surface area contributed by atoms with Gasteiger partial charge in [-0.2, -0.15) is 0 Å². The molecule has 1 atom stereocenters. The largest absolute Gasteiger partial charge is 0.444 e. The molecule has 112 valence electrons. The molecule has 0 saturated heterocycles. The van der Waals surface area contributed by atoms with Gasteiger partial charge >= 0.3 is 6.09 Å². The van der Waals surface area contributed by atoms with E-state index < -0.39 is 17.8 Å². The average molecular weight is 364 g/mol. The number of nitrogens with one attached hydrogen (secondary N) is 1. The van der Waals surface area contributed by atoms with Gasteiger partial charge in [0.25, 0.3) is 0 Å². The molecule has 1 aromatic rings. The van der Waals surface area contributed by atoms with E-state index in [0.717, 1.165) is 0 Å². The molecule has 0 bridgehead atoms. The molecule has 20 heavy (non-hydrogen) atoms. The van der Waals surface area contributed by atoms with Gasteiger partial charge in [-0.1, -0.05) is 15.9 Å². The smallest absolute Gasteiger partial charge is 0.407 e. The molecule has 1 amide bonds. The quantitative estimate of drug-likeness (QED) is 0.622. The lowest BCUT2D eigenvalue weighted by Gasteiger charge is -2.20. The molecule has 0 fully saturated rings. The molecule has 1 heterocycles. The number of amides is 1. The topological polar surface area (TPSA) is 75.6 Å². The third-order valence-electron chi connectivity index (χ3n) is 2.19. The Hall–Kier alpha value is -0.920. The maximum absolute atomic E-state index is 11.5. The molecule has 1 unspecified atom stereocenters. The van der Waals surface area contributed by atoms with Gasteiger partial charge in [-0.05, 0) is 32.9 Å². The van der Waals surface area contributed by atoms with E-state index in [1.807, 2.05) is 0 Å². The van der Waals surface area contributed by atoms with E-state index in [0.29, 0.717) is 9.75 Å². The molecule has 0 saturated carbocycles. The van der Waals surface area contributed by atoms with Crippen LogP contribution in [0.25, 0.3) is 0 Å². The Bertz CT molecular complexity index is 481. The Morgan fingerprint density at radius 1 is 1.45 bits per heavy atom. The van der Waals surface area contributed by atoms with Crippen molar-refractivity contribution < 1.29 is 19.4 Å². The highest BCUT2D eigenvalue weighted by molar-refractivity contribution is 9.09. The molecule has 2 N–H and O–H groups in total. The number of alkyl halides is 1. The number of alkyl carbamates (subject to hydrolysis) is 1. The Morgan fingerprint density at radius 3 is 2.65 bits per heavy atom. The van der Waals surface area contributed by atoms with Gasteiger partial charge in [-0.25, -0.2) is 4.79 Å². The second kappa shape index (κ2) is 7.19. The van der Waals surface area contributed by atoms with Crippen LogP contribution in [-0.2, 0) is 4.74 Å². The Balaban J connectivity index is 2.51. The Morgan fingerprint density at radius 2 is 2.10 bits per heavy atom. The van der Waals surface area contributed by atoms with Crippen LogP contribution in [0.15, 0.2) is 12.1 Å². The van der Waals surface area contributed by atoms with Crippen LogP contribution in [0.5, 0.6) is 0 Å². The first-order chi connectivity index (χ1) is 9.23. The van der Waals surface area contributed by atoms with Crippen LogP contribution in [-0.4, -0.2) is 34.5 Å². The standard InChI is InChI=1S/C13H18BrNO4S/c1-13(2,3)19-12(18)15-7-9(17)11-5-4-10(20-11)8(16)6-14/h4-5,9,17H,6-7H2,1-3H3,(H,15,18). The summed E-state index contributed by atoms with van der Waals surface area (Å²) in [4.78, 5) is 24.1. The summed E-state index contributed by atoms with van der Waals surface area (Å²) in [5.74, 6) is -0.0337. The second-order valence-electron chi connectivity index (χ2n) is 5.16. The van der Waals surface area contributed by atoms with Gasteiger partial charge in [-0.3, -0.25) is 4.79 Å². The maximum atomic E-state index is 11.5. The first-order valence-electron chi connectivity index (χ1n) is 6.06. The molecule has 0 radical (unpaired) electrons.